The fourth-order valence-corrected chi connectivity index (χ4v) is 4.17. The first kappa shape index (κ1) is 21.1. The van der Waals surface area contributed by atoms with Crippen LogP contribution >= 0.6 is 24.0 Å². The van der Waals surface area contributed by atoms with Crippen molar-refractivity contribution in [1.29, 1.82) is 0 Å². The molecule has 2 atom stereocenters. The van der Waals surface area contributed by atoms with Gasteiger partial charge in [-0.3, -0.25) is 4.99 Å². The molecule has 2 aromatic carbocycles. The molecule has 0 aromatic heterocycles. The van der Waals surface area contributed by atoms with Crippen molar-refractivity contribution in [3.8, 4) is 0 Å². The summed E-state index contributed by atoms with van der Waals surface area (Å²) < 4.78 is 5.94. The van der Waals surface area contributed by atoms with Crippen LogP contribution in [-0.4, -0.2) is 44.1 Å². The van der Waals surface area contributed by atoms with Crippen molar-refractivity contribution in [2.75, 3.05) is 33.3 Å². The first-order valence-electron chi connectivity index (χ1n) is 9.98. The predicted octanol–water partition coefficient (Wildman–Crippen LogP) is 4.06. The summed E-state index contributed by atoms with van der Waals surface area (Å²) in [5, 5.41) is 3.59. The van der Waals surface area contributed by atoms with Gasteiger partial charge in [-0.05, 0) is 29.5 Å². The van der Waals surface area contributed by atoms with Crippen LogP contribution in [0.25, 0.3) is 0 Å². The number of nitrogens with zero attached hydrogens (tertiary/aromatic N) is 2. The van der Waals surface area contributed by atoms with Gasteiger partial charge in [-0.25, -0.2) is 0 Å². The van der Waals surface area contributed by atoms with Gasteiger partial charge in [0.15, 0.2) is 5.96 Å². The monoisotopic (exact) mass is 491 g/mol. The normalized spacial score (nSPS) is 20.9. The standard InChI is InChI=1S/C23H29N3O.HI/c1-24-23(25-14-21-13-20-9-5-6-10-22(20)21)26-12-11-19(15-26)17-27-16-18-7-3-2-4-8-18;/h2-10,19,21H,11-17H2,1H3,(H,24,25);1H. The molecule has 28 heavy (non-hydrogen) atoms. The number of hydrogen-bond donors (Lipinski definition) is 1. The largest absolute Gasteiger partial charge is 0.376 e. The highest BCUT2D eigenvalue weighted by molar-refractivity contribution is 14.0. The Labute approximate surface area is 185 Å². The van der Waals surface area contributed by atoms with Crippen molar-refractivity contribution in [3.63, 3.8) is 0 Å². The van der Waals surface area contributed by atoms with Crippen LogP contribution in [0.2, 0.25) is 0 Å². The Morgan fingerprint density at radius 1 is 1.14 bits per heavy atom. The molecule has 4 rings (SSSR count). The van der Waals surface area contributed by atoms with Crippen molar-refractivity contribution >= 4 is 29.9 Å². The van der Waals surface area contributed by atoms with Crippen molar-refractivity contribution in [2.24, 2.45) is 10.9 Å². The van der Waals surface area contributed by atoms with Crippen LogP contribution in [0.1, 0.15) is 29.0 Å². The molecule has 2 unspecified atom stereocenters. The maximum atomic E-state index is 5.94. The molecule has 150 valence electrons. The van der Waals surface area contributed by atoms with E-state index in [0.29, 0.717) is 18.4 Å². The summed E-state index contributed by atoms with van der Waals surface area (Å²) in [6.45, 7) is 4.56. The third-order valence-corrected chi connectivity index (χ3v) is 5.73. The number of fused-ring (bicyclic) bond motifs is 1. The first-order chi connectivity index (χ1) is 13.3. The summed E-state index contributed by atoms with van der Waals surface area (Å²) in [6, 6.07) is 19.2. The molecule has 1 N–H and O–H groups in total. The van der Waals surface area contributed by atoms with Gasteiger partial charge in [0.2, 0.25) is 0 Å². The lowest BCUT2D eigenvalue weighted by molar-refractivity contribution is 0.0906. The zero-order valence-corrected chi connectivity index (χ0v) is 18.8. The average Bonchev–Trinajstić information content (AvgIpc) is 3.15. The molecule has 1 fully saturated rings. The molecule has 2 aliphatic rings. The van der Waals surface area contributed by atoms with Gasteiger partial charge in [0.1, 0.15) is 0 Å². The lowest BCUT2D eigenvalue weighted by Crippen LogP contribution is -2.43. The summed E-state index contributed by atoms with van der Waals surface area (Å²) in [5.41, 5.74) is 4.23. The zero-order valence-electron chi connectivity index (χ0n) is 16.5. The second-order valence-corrected chi connectivity index (χ2v) is 7.63. The van der Waals surface area contributed by atoms with E-state index in [4.69, 9.17) is 4.74 Å². The molecule has 0 spiro atoms. The van der Waals surface area contributed by atoms with Gasteiger partial charge < -0.3 is 15.0 Å². The number of benzene rings is 2. The number of rotatable bonds is 6. The van der Waals surface area contributed by atoms with Gasteiger partial charge in [0.05, 0.1) is 13.2 Å². The number of ether oxygens (including phenoxy) is 1. The maximum absolute atomic E-state index is 5.94. The number of nitrogens with one attached hydrogen (secondary N) is 1. The Morgan fingerprint density at radius 2 is 1.93 bits per heavy atom. The minimum absolute atomic E-state index is 0. The fourth-order valence-electron chi connectivity index (χ4n) is 4.17. The third-order valence-electron chi connectivity index (χ3n) is 5.73. The van der Waals surface area contributed by atoms with Crippen molar-refractivity contribution < 1.29 is 4.74 Å². The molecule has 5 heteroatoms. The van der Waals surface area contributed by atoms with Crippen LogP contribution in [0.4, 0.5) is 0 Å². The van der Waals surface area contributed by atoms with Gasteiger partial charge in [-0.15, -0.1) is 24.0 Å². The van der Waals surface area contributed by atoms with Crippen LogP contribution in [0, 0.1) is 5.92 Å². The molecule has 1 heterocycles. The minimum Gasteiger partial charge on any atom is -0.376 e. The van der Waals surface area contributed by atoms with Gasteiger partial charge >= 0.3 is 0 Å². The summed E-state index contributed by atoms with van der Waals surface area (Å²) in [7, 11) is 1.89. The molecule has 1 aliphatic carbocycles. The summed E-state index contributed by atoms with van der Waals surface area (Å²) in [6.07, 6.45) is 2.35. The molecule has 2 aromatic rings. The number of halogens is 1. The number of aliphatic imine (C=N–C) groups is 1. The van der Waals surface area contributed by atoms with E-state index in [2.05, 4.69) is 63.7 Å². The van der Waals surface area contributed by atoms with Crippen LogP contribution in [0.3, 0.4) is 0 Å². The fraction of sp³-hybridized carbons (Fsp3) is 0.435. The molecule has 0 radical (unpaired) electrons. The van der Waals surface area contributed by atoms with E-state index >= 15 is 0 Å². The Hall–Kier alpha value is -1.60. The second-order valence-electron chi connectivity index (χ2n) is 7.63. The Kier molecular flexibility index (Phi) is 7.73. The molecule has 0 bridgehead atoms. The van der Waals surface area contributed by atoms with Crippen molar-refractivity contribution in [1.82, 2.24) is 10.2 Å². The smallest absolute Gasteiger partial charge is 0.193 e. The quantitative estimate of drug-likeness (QED) is 0.376. The van der Waals surface area contributed by atoms with Gasteiger partial charge in [0, 0.05) is 38.5 Å². The van der Waals surface area contributed by atoms with E-state index in [0.717, 1.165) is 32.2 Å². The molecule has 0 saturated carbocycles. The Balaban J connectivity index is 0.00000225. The van der Waals surface area contributed by atoms with Crippen molar-refractivity contribution in [2.45, 2.75) is 25.4 Å². The summed E-state index contributed by atoms with van der Waals surface area (Å²) in [4.78, 5) is 6.89. The summed E-state index contributed by atoms with van der Waals surface area (Å²) in [5.74, 6) is 2.23. The molecular weight excluding hydrogens is 461 g/mol. The van der Waals surface area contributed by atoms with Crippen molar-refractivity contribution in [3.05, 3.63) is 71.3 Å². The molecule has 0 amide bonds. The molecular formula is C23H30IN3O. The Bertz CT molecular complexity index is 780. The van der Waals surface area contributed by atoms with E-state index in [1.807, 2.05) is 13.1 Å². The van der Waals surface area contributed by atoms with E-state index in [1.54, 1.807) is 0 Å². The zero-order chi connectivity index (χ0) is 18.5. The van der Waals surface area contributed by atoms with Crippen LogP contribution < -0.4 is 5.32 Å². The van der Waals surface area contributed by atoms with E-state index in [9.17, 15) is 0 Å². The summed E-state index contributed by atoms with van der Waals surface area (Å²) >= 11 is 0. The minimum atomic E-state index is 0. The third kappa shape index (κ3) is 5.06. The highest BCUT2D eigenvalue weighted by Gasteiger charge is 2.28. The number of guanidine groups is 1. The van der Waals surface area contributed by atoms with E-state index in [-0.39, 0.29) is 24.0 Å². The SMILES string of the molecule is CN=C(NCC1Cc2ccccc21)N1CCC(COCc2ccccc2)C1.I. The van der Waals surface area contributed by atoms with E-state index in [1.165, 1.54) is 29.5 Å². The van der Waals surface area contributed by atoms with Crippen LogP contribution in [0.15, 0.2) is 59.6 Å². The van der Waals surface area contributed by atoms with Crippen LogP contribution in [0.5, 0.6) is 0 Å². The molecule has 4 nitrogen and oxygen atoms in total. The van der Waals surface area contributed by atoms with Gasteiger partial charge in [-0.1, -0.05) is 54.6 Å². The topological polar surface area (TPSA) is 36.9 Å². The van der Waals surface area contributed by atoms with Crippen LogP contribution in [-0.2, 0) is 17.8 Å². The van der Waals surface area contributed by atoms with Gasteiger partial charge in [0.25, 0.3) is 0 Å². The van der Waals surface area contributed by atoms with E-state index < -0.39 is 0 Å². The number of likely N-dealkylation sites (tertiary alicyclic amines) is 1. The highest BCUT2D eigenvalue weighted by Crippen LogP contribution is 2.34. The predicted molar refractivity (Wildman–Crippen MR) is 125 cm³/mol. The average molecular weight is 491 g/mol. The highest BCUT2D eigenvalue weighted by atomic mass is 127. The first-order valence-corrected chi connectivity index (χ1v) is 9.98. The lowest BCUT2D eigenvalue weighted by Gasteiger charge is -2.32. The second kappa shape index (κ2) is 10.3. The van der Waals surface area contributed by atoms with Gasteiger partial charge in [-0.2, -0.15) is 0 Å². The molecule has 1 saturated heterocycles. The maximum Gasteiger partial charge on any atom is 0.193 e. The Morgan fingerprint density at radius 3 is 2.71 bits per heavy atom. The molecule has 1 aliphatic heterocycles. The lowest BCUT2D eigenvalue weighted by atomic mass is 9.78. The number of hydrogen-bond acceptors (Lipinski definition) is 2.